The molecule has 0 amide bonds. The minimum atomic E-state index is -5.08. The van der Waals surface area contributed by atoms with E-state index in [4.69, 9.17) is 15.0 Å². The van der Waals surface area contributed by atoms with E-state index in [9.17, 15) is 22.0 Å². The van der Waals surface area contributed by atoms with Crippen molar-refractivity contribution >= 4 is 5.97 Å². The van der Waals surface area contributed by atoms with Gasteiger partial charge in [0.25, 0.3) is 0 Å². The van der Waals surface area contributed by atoms with Crippen molar-refractivity contribution in [3.05, 3.63) is 47.3 Å². The third-order valence-corrected chi connectivity index (χ3v) is 4.77. The van der Waals surface area contributed by atoms with E-state index in [2.05, 4.69) is 15.2 Å². The van der Waals surface area contributed by atoms with Gasteiger partial charge >= 0.3 is 12.1 Å². The van der Waals surface area contributed by atoms with E-state index >= 15 is 0 Å². The van der Waals surface area contributed by atoms with Gasteiger partial charge in [-0.15, -0.1) is 5.10 Å². The molecule has 1 aromatic heterocycles. The topological polar surface area (TPSA) is 91.5 Å². The van der Waals surface area contributed by atoms with E-state index in [-0.39, 0.29) is 6.61 Å². The minimum Gasteiger partial charge on any atom is -0.475 e. The number of carboxylic acids is 1. The van der Waals surface area contributed by atoms with Crippen LogP contribution >= 0.6 is 0 Å². The van der Waals surface area contributed by atoms with E-state index in [0.717, 1.165) is 44.2 Å². The number of aliphatic hydroxyl groups is 1. The highest BCUT2D eigenvalue weighted by molar-refractivity contribution is 5.73. The maximum atomic E-state index is 13.7. The predicted octanol–water partition coefficient (Wildman–Crippen LogP) is 2.64. The average molecular weight is 450 g/mol. The van der Waals surface area contributed by atoms with Gasteiger partial charge in [0, 0.05) is 37.9 Å². The number of alkyl halides is 3. The molecule has 2 N–H and O–H groups in total. The second-order valence-electron chi connectivity index (χ2n) is 7.14. The lowest BCUT2D eigenvalue weighted by atomic mass is 9.96. The number of hydrogen-bond donors (Lipinski definition) is 2. The Morgan fingerprint density at radius 3 is 2.42 bits per heavy atom. The standard InChI is InChI=1S/C17H22F2N4O.C2HF3O2/c18-16-3-1-2-14(17(16)19)11-22-7-4-13(5-8-22)10-23-12-15(6-9-24)20-21-23;3-2(4,5)1(6)7/h1-3,12-13,24H,4-11H2;(H,6,7). The van der Waals surface area contributed by atoms with Crippen molar-refractivity contribution in [3.8, 4) is 0 Å². The highest BCUT2D eigenvalue weighted by Crippen LogP contribution is 2.22. The lowest BCUT2D eigenvalue weighted by Crippen LogP contribution is -2.34. The van der Waals surface area contributed by atoms with Crippen LogP contribution in [0.25, 0.3) is 0 Å². The normalized spacial score (nSPS) is 15.4. The molecule has 172 valence electrons. The molecular formula is C19H23F5N4O3. The molecule has 1 aliphatic rings. The maximum absolute atomic E-state index is 13.7. The van der Waals surface area contributed by atoms with Crippen LogP contribution in [0.15, 0.2) is 24.4 Å². The smallest absolute Gasteiger partial charge is 0.475 e. The third kappa shape index (κ3) is 7.87. The number of aliphatic carboxylic acids is 1. The number of piperidine rings is 1. The van der Waals surface area contributed by atoms with Gasteiger partial charge in [0.1, 0.15) is 0 Å². The molecule has 0 atom stereocenters. The van der Waals surface area contributed by atoms with Gasteiger partial charge in [0.05, 0.1) is 5.69 Å². The van der Waals surface area contributed by atoms with Crippen LogP contribution in [0.1, 0.15) is 24.1 Å². The fourth-order valence-corrected chi connectivity index (χ4v) is 3.16. The molecule has 0 radical (unpaired) electrons. The molecule has 0 spiro atoms. The SMILES string of the molecule is O=C(O)C(F)(F)F.OCCc1cn(CC2CCN(Cc3cccc(F)c3F)CC2)nn1. The van der Waals surface area contributed by atoms with Gasteiger partial charge in [0.2, 0.25) is 0 Å². The summed E-state index contributed by atoms with van der Waals surface area (Å²) in [5.74, 6) is -3.78. The zero-order valence-corrected chi connectivity index (χ0v) is 16.5. The van der Waals surface area contributed by atoms with E-state index in [1.165, 1.54) is 0 Å². The fourth-order valence-electron chi connectivity index (χ4n) is 3.16. The molecule has 3 rings (SSSR count). The number of carboxylic acid groups (broad SMARTS) is 1. The molecule has 2 aromatic rings. The molecule has 0 aliphatic carbocycles. The minimum absolute atomic E-state index is 0.0771. The number of aromatic nitrogens is 3. The molecule has 7 nitrogen and oxygen atoms in total. The Morgan fingerprint density at radius 2 is 1.84 bits per heavy atom. The van der Waals surface area contributed by atoms with Gasteiger partial charge in [-0.25, -0.2) is 13.6 Å². The lowest BCUT2D eigenvalue weighted by Gasteiger charge is -2.31. The molecule has 0 bridgehead atoms. The number of carbonyl (C=O) groups is 1. The first-order valence-electron chi connectivity index (χ1n) is 9.55. The Balaban J connectivity index is 0.000000423. The van der Waals surface area contributed by atoms with Gasteiger partial charge in [-0.3, -0.25) is 9.58 Å². The number of likely N-dealkylation sites (tertiary alicyclic amines) is 1. The van der Waals surface area contributed by atoms with Crippen molar-refractivity contribution < 1.29 is 37.0 Å². The summed E-state index contributed by atoms with van der Waals surface area (Å²) in [7, 11) is 0. The summed E-state index contributed by atoms with van der Waals surface area (Å²) in [6.45, 7) is 3.05. The van der Waals surface area contributed by atoms with E-state index < -0.39 is 23.8 Å². The van der Waals surface area contributed by atoms with Crippen LogP contribution in [0.2, 0.25) is 0 Å². The number of hydrogen-bond acceptors (Lipinski definition) is 5. The highest BCUT2D eigenvalue weighted by atomic mass is 19.4. The molecule has 1 aromatic carbocycles. The van der Waals surface area contributed by atoms with Crippen molar-refractivity contribution in [2.75, 3.05) is 19.7 Å². The van der Waals surface area contributed by atoms with Crippen LogP contribution in [0, 0.1) is 17.6 Å². The van der Waals surface area contributed by atoms with Crippen molar-refractivity contribution in [2.24, 2.45) is 5.92 Å². The quantitative estimate of drug-likeness (QED) is 0.658. The first-order valence-corrected chi connectivity index (χ1v) is 9.55. The maximum Gasteiger partial charge on any atom is 0.490 e. The summed E-state index contributed by atoms with van der Waals surface area (Å²) in [5, 5.41) is 24.1. The number of aliphatic hydroxyl groups excluding tert-OH is 1. The van der Waals surface area contributed by atoms with Gasteiger partial charge in [-0.2, -0.15) is 13.2 Å². The van der Waals surface area contributed by atoms with Crippen molar-refractivity contribution in [1.82, 2.24) is 19.9 Å². The van der Waals surface area contributed by atoms with Crippen molar-refractivity contribution in [3.63, 3.8) is 0 Å². The Labute approximate surface area is 175 Å². The fraction of sp³-hybridized carbons (Fsp3) is 0.526. The second-order valence-corrected chi connectivity index (χ2v) is 7.14. The molecule has 31 heavy (non-hydrogen) atoms. The summed E-state index contributed by atoms with van der Waals surface area (Å²) < 4.78 is 60.6. The Bertz CT molecular complexity index is 851. The second kappa shape index (κ2) is 11.1. The van der Waals surface area contributed by atoms with Crippen molar-refractivity contribution in [2.45, 2.75) is 38.5 Å². The lowest BCUT2D eigenvalue weighted by molar-refractivity contribution is -0.192. The van der Waals surface area contributed by atoms with E-state index in [0.29, 0.717) is 24.4 Å². The Kier molecular flexibility index (Phi) is 8.87. The van der Waals surface area contributed by atoms with Gasteiger partial charge in [0.15, 0.2) is 11.6 Å². The van der Waals surface area contributed by atoms with Gasteiger partial charge < -0.3 is 10.2 Å². The first-order chi connectivity index (χ1) is 14.6. The monoisotopic (exact) mass is 450 g/mol. The number of nitrogens with zero attached hydrogens (tertiary/aromatic N) is 4. The third-order valence-electron chi connectivity index (χ3n) is 4.77. The molecule has 1 aliphatic heterocycles. The summed E-state index contributed by atoms with van der Waals surface area (Å²) in [5.41, 5.74) is 1.22. The van der Waals surface area contributed by atoms with Crippen LogP contribution < -0.4 is 0 Å². The number of halogens is 5. The molecular weight excluding hydrogens is 427 g/mol. The summed E-state index contributed by atoms with van der Waals surface area (Å²) in [6.07, 6.45) is -0.694. The first kappa shape index (κ1) is 24.7. The molecule has 0 unspecified atom stereocenters. The Hall–Kier alpha value is -2.60. The largest absolute Gasteiger partial charge is 0.490 e. The molecule has 2 heterocycles. The number of rotatable bonds is 6. The molecule has 0 saturated carbocycles. The average Bonchev–Trinajstić information content (AvgIpc) is 3.14. The highest BCUT2D eigenvalue weighted by Gasteiger charge is 2.38. The van der Waals surface area contributed by atoms with Crippen LogP contribution in [0.5, 0.6) is 0 Å². The van der Waals surface area contributed by atoms with Crippen LogP contribution in [-0.2, 0) is 24.3 Å². The zero-order valence-electron chi connectivity index (χ0n) is 16.5. The number of benzene rings is 1. The molecule has 1 saturated heterocycles. The zero-order chi connectivity index (χ0) is 23.0. The molecule has 12 heteroatoms. The van der Waals surface area contributed by atoms with Crippen LogP contribution in [-0.4, -0.2) is 61.9 Å². The van der Waals surface area contributed by atoms with Crippen LogP contribution in [0.4, 0.5) is 22.0 Å². The van der Waals surface area contributed by atoms with Crippen LogP contribution in [0.3, 0.4) is 0 Å². The van der Waals surface area contributed by atoms with Crippen molar-refractivity contribution in [1.29, 1.82) is 0 Å². The van der Waals surface area contributed by atoms with E-state index in [1.54, 1.807) is 12.1 Å². The summed E-state index contributed by atoms with van der Waals surface area (Å²) in [6, 6.07) is 4.34. The Morgan fingerprint density at radius 1 is 1.19 bits per heavy atom. The summed E-state index contributed by atoms with van der Waals surface area (Å²) in [4.78, 5) is 11.1. The summed E-state index contributed by atoms with van der Waals surface area (Å²) >= 11 is 0. The molecule has 1 fully saturated rings. The van der Waals surface area contributed by atoms with E-state index in [1.807, 2.05) is 10.9 Å². The predicted molar refractivity (Wildman–Crippen MR) is 98.9 cm³/mol. The van der Waals surface area contributed by atoms with Gasteiger partial charge in [-0.1, -0.05) is 17.3 Å². The van der Waals surface area contributed by atoms with Gasteiger partial charge in [-0.05, 0) is 37.9 Å².